The molecular weight excluding hydrogens is 474 g/mol. The van der Waals surface area contributed by atoms with Gasteiger partial charge in [-0.2, -0.15) is 0 Å². The molecule has 2 aromatic carbocycles. The van der Waals surface area contributed by atoms with Gasteiger partial charge < -0.3 is 10.1 Å². The van der Waals surface area contributed by atoms with E-state index in [2.05, 4.69) is 30.2 Å². The summed E-state index contributed by atoms with van der Waals surface area (Å²) in [5.41, 5.74) is 1.07. The number of hydrogen-bond acceptors (Lipinski definition) is 9. The predicted octanol–water partition coefficient (Wildman–Crippen LogP) is 4.13. The molecule has 0 unspecified atom stereocenters. The van der Waals surface area contributed by atoms with Crippen LogP contribution in [0.4, 0.5) is 25.5 Å². The lowest BCUT2D eigenvalue weighted by Crippen LogP contribution is -2.12. The summed E-state index contributed by atoms with van der Waals surface area (Å²) in [5, 5.41) is 11.3. The van der Waals surface area contributed by atoms with E-state index in [1.807, 2.05) is 0 Å². The summed E-state index contributed by atoms with van der Waals surface area (Å²) in [5.74, 6) is -1.79. The van der Waals surface area contributed by atoms with E-state index < -0.39 is 21.7 Å². The van der Waals surface area contributed by atoms with Crippen molar-refractivity contribution in [2.75, 3.05) is 17.1 Å². The minimum absolute atomic E-state index is 0.0297. The topological polar surface area (TPSA) is 119 Å². The van der Waals surface area contributed by atoms with Gasteiger partial charge in [0.05, 0.1) is 17.7 Å². The van der Waals surface area contributed by atoms with E-state index >= 15 is 0 Å². The molecule has 0 bridgehead atoms. The first kappa shape index (κ1) is 22.5. The lowest BCUT2D eigenvalue weighted by atomic mass is 10.1. The van der Waals surface area contributed by atoms with Crippen LogP contribution >= 0.6 is 11.3 Å². The number of rotatable bonds is 7. The Morgan fingerprint density at radius 1 is 1.03 bits per heavy atom. The summed E-state index contributed by atoms with van der Waals surface area (Å²) >= 11 is 1.12. The highest BCUT2D eigenvalue weighted by Gasteiger charge is 2.17. The molecule has 4 aromatic rings. The highest BCUT2D eigenvalue weighted by Crippen LogP contribution is 2.31. The van der Waals surface area contributed by atoms with Crippen molar-refractivity contribution in [2.24, 2.45) is 0 Å². The molecule has 0 saturated heterocycles. The second kappa shape index (κ2) is 9.03. The molecule has 2 heterocycles. The van der Waals surface area contributed by atoms with Gasteiger partial charge in [0, 0.05) is 23.5 Å². The van der Waals surface area contributed by atoms with Crippen molar-refractivity contribution >= 4 is 38.1 Å². The molecule has 0 aliphatic carbocycles. The number of sulfonamides is 1. The van der Waals surface area contributed by atoms with Crippen LogP contribution in [0, 0.1) is 18.6 Å². The van der Waals surface area contributed by atoms with Gasteiger partial charge in [-0.1, -0.05) is 11.3 Å². The molecule has 33 heavy (non-hydrogen) atoms. The second-order valence-electron chi connectivity index (χ2n) is 6.61. The Morgan fingerprint density at radius 2 is 1.76 bits per heavy atom. The van der Waals surface area contributed by atoms with Crippen LogP contribution < -0.4 is 14.8 Å². The van der Waals surface area contributed by atoms with E-state index in [1.165, 1.54) is 43.6 Å². The van der Waals surface area contributed by atoms with E-state index in [-0.39, 0.29) is 27.3 Å². The summed E-state index contributed by atoms with van der Waals surface area (Å²) < 4.78 is 59.8. The molecule has 0 spiro atoms. The van der Waals surface area contributed by atoms with E-state index in [0.29, 0.717) is 16.4 Å². The SMILES string of the molecule is COc1cc(F)c(F)cc1-c1ccnc(Nc2ccc(S(=O)(=O)Nc3nnc(C)s3)cc2)n1. The van der Waals surface area contributed by atoms with Crippen molar-refractivity contribution in [1.82, 2.24) is 20.2 Å². The molecule has 0 saturated carbocycles. The zero-order chi connectivity index (χ0) is 23.6. The maximum atomic E-state index is 13.8. The van der Waals surface area contributed by atoms with Crippen molar-refractivity contribution in [3.63, 3.8) is 0 Å². The van der Waals surface area contributed by atoms with Crippen LogP contribution in [-0.2, 0) is 10.0 Å². The number of benzene rings is 2. The number of nitrogens with zero attached hydrogens (tertiary/aromatic N) is 4. The number of aryl methyl sites for hydroxylation is 1. The third-order valence-corrected chi connectivity index (χ3v) is 6.58. The fourth-order valence-corrected chi connectivity index (χ4v) is 4.65. The van der Waals surface area contributed by atoms with Crippen LogP contribution in [0.15, 0.2) is 53.6 Å². The maximum absolute atomic E-state index is 13.8. The van der Waals surface area contributed by atoms with Crippen LogP contribution in [0.25, 0.3) is 11.3 Å². The number of methoxy groups -OCH3 is 1. The van der Waals surface area contributed by atoms with Gasteiger partial charge in [-0.05, 0) is 43.3 Å². The van der Waals surface area contributed by atoms with Crippen molar-refractivity contribution in [3.8, 4) is 17.0 Å². The minimum atomic E-state index is -3.83. The van der Waals surface area contributed by atoms with Gasteiger partial charge in [-0.25, -0.2) is 27.2 Å². The molecule has 13 heteroatoms. The fraction of sp³-hybridized carbons (Fsp3) is 0.100. The van der Waals surface area contributed by atoms with Crippen LogP contribution in [0.1, 0.15) is 5.01 Å². The number of nitrogens with one attached hydrogen (secondary N) is 2. The van der Waals surface area contributed by atoms with E-state index in [1.54, 1.807) is 6.92 Å². The smallest absolute Gasteiger partial charge is 0.263 e. The summed E-state index contributed by atoms with van der Waals surface area (Å²) in [6.45, 7) is 1.72. The number of anilines is 3. The quantitative estimate of drug-likeness (QED) is 0.397. The molecule has 0 radical (unpaired) electrons. The van der Waals surface area contributed by atoms with Gasteiger partial charge in [0.15, 0.2) is 11.6 Å². The van der Waals surface area contributed by atoms with Crippen LogP contribution in [0.5, 0.6) is 5.75 Å². The first-order valence-electron chi connectivity index (χ1n) is 9.31. The highest BCUT2D eigenvalue weighted by molar-refractivity contribution is 7.93. The number of halogens is 2. The predicted molar refractivity (Wildman–Crippen MR) is 119 cm³/mol. The lowest BCUT2D eigenvalue weighted by molar-refractivity contribution is 0.408. The Morgan fingerprint density at radius 3 is 2.42 bits per heavy atom. The Labute approximate surface area is 191 Å². The van der Waals surface area contributed by atoms with E-state index in [4.69, 9.17) is 4.74 Å². The first-order valence-corrected chi connectivity index (χ1v) is 11.6. The number of hydrogen-bond donors (Lipinski definition) is 2. The third-order valence-electron chi connectivity index (χ3n) is 4.34. The van der Waals surface area contributed by atoms with Crippen LogP contribution in [0.3, 0.4) is 0 Å². The molecule has 0 atom stereocenters. The first-order chi connectivity index (χ1) is 15.7. The van der Waals surface area contributed by atoms with Crippen molar-refractivity contribution in [2.45, 2.75) is 11.8 Å². The van der Waals surface area contributed by atoms with Gasteiger partial charge in [-0.3, -0.25) is 4.72 Å². The standard InChI is InChI=1S/C20H16F2N6O3S2/c1-11-26-27-20(32-11)28-33(29,30)13-5-3-12(4-6-13)24-19-23-8-7-17(25-19)14-9-15(21)16(22)10-18(14)31-2/h3-10H,1-2H3,(H,27,28)(H,23,24,25). The Bertz CT molecular complexity index is 1410. The maximum Gasteiger partial charge on any atom is 0.263 e. The molecular formula is C20H16F2N6O3S2. The minimum Gasteiger partial charge on any atom is -0.496 e. The monoisotopic (exact) mass is 490 g/mol. The Hall–Kier alpha value is -3.71. The average molecular weight is 491 g/mol. The van der Waals surface area contributed by atoms with Gasteiger partial charge in [0.1, 0.15) is 10.8 Å². The van der Waals surface area contributed by atoms with E-state index in [0.717, 1.165) is 23.5 Å². The van der Waals surface area contributed by atoms with Gasteiger partial charge in [0.25, 0.3) is 10.0 Å². The molecule has 2 aromatic heterocycles. The summed E-state index contributed by atoms with van der Waals surface area (Å²) in [6.07, 6.45) is 1.44. The number of ether oxygens (including phenoxy) is 1. The molecule has 4 rings (SSSR count). The summed E-state index contributed by atoms with van der Waals surface area (Å²) in [7, 11) is -2.49. The van der Waals surface area contributed by atoms with Crippen LogP contribution in [0.2, 0.25) is 0 Å². The molecule has 0 fully saturated rings. The Balaban J connectivity index is 1.54. The van der Waals surface area contributed by atoms with Crippen LogP contribution in [-0.4, -0.2) is 35.7 Å². The molecule has 0 aliphatic rings. The highest BCUT2D eigenvalue weighted by atomic mass is 32.2. The molecule has 2 N–H and O–H groups in total. The lowest BCUT2D eigenvalue weighted by Gasteiger charge is -2.11. The summed E-state index contributed by atoms with van der Waals surface area (Å²) in [6, 6.07) is 9.34. The van der Waals surface area contributed by atoms with Gasteiger partial charge >= 0.3 is 0 Å². The normalized spacial score (nSPS) is 11.3. The van der Waals surface area contributed by atoms with Crippen molar-refractivity contribution in [3.05, 3.63) is 65.3 Å². The molecule has 0 amide bonds. The Kier molecular flexibility index (Phi) is 6.16. The van der Waals surface area contributed by atoms with Crippen molar-refractivity contribution in [1.29, 1.82) is 0 Å². The fourth-order valence-electron chi connectivity index (χ4n) is 2.82. The molecule has 170 valence electrons. The third kappa shape index (κ3) is 5.04. The summed E-state index contributed by atoms with van der Waals surface area (Å²) in [4.78, 5) is 8.45. The zero-order valence-corrected chi connectivity index (χ0v) is 18.8. The molecule has 9 nitrogen and oxygen atoms in total. The van der Waals surface area contributed by atoms with E-state index in [9.17, 15) is 17.2 Å². The van der Waals surface area contributed by atoms with Gasteiger partial charge in [-0.15, -0.1) is 10.2 Å². The zero-order valence-electron chi connectivity index (χ0n) is 17.2. The average Bonchev–Trinajstić information content (AvgIpc) is 3.19. The van der Waals surface area contributed by atoms with Crippen molar-refractivity contribution < 1.29 is 21.9 Å². The largest absolute Gasteiger partial charge is 0.496 e. The molecule has 0 aliphatic heterocycles. The second-order valence-corrected chi connectivity index (χ2v) is 9.48. The number of aromatic nitrogens is 4. The van der Waals surface area contributed by atoms with Gasteiger partial charge in [0.2, 0.25) is 11.1 Å².